The Morgan fingerprint density at radius 2 is 1.85 bits per heavy atom. The summed E-state index contributed by atoms with van der Waals surface area (Å²) in [6, 6.07) is 13.5. The smallest absolute Gasteiger partial charge is 0.272 e. The van der Waals surface area contributed by atoms with Crippen LogP contribution in [0.5, 0.6) is 0 Å². The molecule has 2 aromatic rings. The van der Waals surface area contributed by atoms with Gasteiger partial charge in [-0.15, -0.1) is 0 Å². The van der Waals surface area contributed by atoms with Gasteiger partial charge in [-0.05, 0) is 66.3 Å². The average Bonchev–Trinajstić information content (AvgIpc) is 2.39. The average molecular weight is 382 g/mol. The molecule has 0 aromatic heterocycles. The molecule has 2 aromatic carbocycles. The number of nitro groups is 1. The number of benzene rings is 2. The summed E-state index contributed by atoms with van der Waals surface area (Å²) in [5.41, 5.74) is 2.88. The maximum Gasteiger partial charge on any atom is 0.272 e. The first-order valence-corrected chi connectivity index (χ1v) is 7.32. The van der Waals surface area contributed by atoms with E-state index in [1.807, 2.05) is 0 Å². The normalized spacial score (nSPS) is 11.9. The van der Waals surface area contributed by atoms with Crippen molar-refractivity contribution in [3.05, 3.63) is 67.3 Å². The SMILES string of the molecule is Cc1cc(NC(C)c2ccc(I)cc2)ccc1[N+](=O)[O-]. The lowest BCUT2D eigenvalue weighted by atomic mass is 10.1. The lowest BCUT2D eigenvalue weighted by Crippen LogP contribution is -2.07. The zero-order valence-corrected chi connectivity index (χ0v) is 13.4. The van der Waals surface area contributed by atoms with Gasteiger partial charge in [-0.2, -0.15) is 0 Å². The van der Waals surface area contributed by atoms with E-state index in [1.54, 1.807) is 19.1 Å². The lowest BCUT2D eigenvalue weighted by molar-refractivity contribution is -0.385. The van der Waals surface area contributed by atoms with Crippen molar-refractivity contribution in [1.82, 2.24) is 0 Å². The van der Waals surface area contributed by atoms with Crippen LogP contribution in [0.1, 0.15) is 24.1 Å². The number of aryl methyl sites for hydroxylation is 1. The van der Waals surface area contributed by atoms with Gasteiger partial charge >= 0.3 is 0 Å². The molecule has 4 nitrogen and oxygen atoms in total. The first kappa shape index (κ1) is 14.8. The predicted octanol–water partition coefficient (Wildman–Crippen LogP) is 4.68. The molecule has 0 aliphatic carbocycles. The Bertz CT molecular complexity index is 626. The minimum absolute atomic E-state index is 0.146. The van der Waals surface area contributed by atoms with Crippen molar-refractivity contribution in [3.8, 4) is 0 Å². The number of anilines is 1. The van der Waals surface area contributed by atoms with E-state index in [9.17, 15) is 10.1 Å². The Morgan fingerprint density at radius 3 is 2.40 bits per heavy atom. The van der Waals surface area contributed by atoms with Crippen molar-refractivity contribution in [1.29, 1.82) is 0 Å². The summed E-state index contributed by atoms with van der Waals surface area (Å²) in [6.45, 7) is 3.82. The van der Waals surface area contributed by atoms with Gasteiger partial charge in [-0.25, -0.2) is 0 Å². The molecule has 20 heavy (non-hydrogen) atoms. The number of rotatable bonds is 4. The highest BCUT2D eigenvalue weighted by atomic mass is 127. The molecule has 1 N–H and O–H groups in total. The first-order chi connectivity index (χ1) is 9.47. The van der Waals surface area contributed by atoms with Crippen molar-refractivity contribution < 1.29 is 4.92 Å². The molecule has 0 saturated carbocycles. The third kappa shape index (κ3) is 3.47. The summed E-state index contributed by atoms with van der Waals surface area (Å²) in [7, 11) is 0. The topological polar surface area (TPSA) is 55.2 Å². The van der Waals surface area contributed by atoms with Crippen LogP contribution in [0, 0.1) is 20.6 Å². The fraction of sp³-hybridized carbons (Fsp3) is 0.200. The molecule has 5 heteroatoms. The van der Waals surface area contributed by atoms with Gasteiger partial charge < -0.3 is 5.32 Å². The van der Waals surface area contributed by atoms with Gasteiger partial charge in [0.15, 0.2) is 0 Å². The van der Waals surface area contributed by atoms with Crippen molar-refractivity contribution in [2.24, 2.45) is 0 Å². The van der Waals surface area contributed by atoms with E-state index in [4.69, 9.17) is 0 Å². The largest absolute Gasteiger partial charge is 0.379 e. The second-order valence-corrected chi connectivity index (χ2v) is 5.92. The van der Waals surface area contributed by atoms with Crippen LogP contribution in [0.25, 0.3) is 0 Å². The molecule has 0 radical (unpaired) electrons. The highest BCUT2D eigenvalue weighted by Gasteiger charge is 2.11. The Kier molecular flexibility index (Phi) is 4.59. The van der Waals surface area contributed by atoms with Crippen LogP contribution in [0.2, 0.25) is 0 Å². The van der Waals surface area contributed by atoms with E-state index in [0.29, 0.717) is 5.56 Å². The van der Waals surface area contributed by atoms with Crippen LogP contribution < -0.4 is 5.32 Å². The molecule has 2 rings (SSSR count). The van der Waals surface area contributed by atoms with E-state index in [1.165, 1.54) is 15.2 Å². The molecular weight excluding hydrogens is 367 g/mol. The van der Waals surface area contributed by atoms with Crippen molar-refractivity contribution in [2.75, 3.05) is 5.32 Å². The molecule has 1 unspecified atom stereocenters. The molecule has 0 aliphatic heterocycles. The summed E-state index contributed by atoms with van der Waals surface area (Å²) in [4.78, 5) is 10.4. The van der Waals surface area contributed by atoms with Crippen LogP contribution in [0.15, 0.2) is 42.5 Å². The van der Waals surface area contributed by atoms with Crippen molar-refractivity contribution in [2.45, 2.75) is 19.9 Å². The maximum atomic E-state index is 10.8. The molecule has 1 atom stereocenters. The minimum atomic E-state index is -0.359. The van der Waals surface area contributed by atoms with E-state index in [0.717, 1.165) is 5.69 Å². The molecule has 0 bridgehead atoms. The van der Waals surface area contributed by atoms with Gasteiger partial charge in [0.1, 0.15) is 0 Å². The Labute approximate surface area is 131 Å². The Morgan fingerprint density at radius 1 is 1.20 bits per heavy atom. The van der Waals surface area contributed by atoms with Crippen LogP contribution >= 0.6 is 22.6 Å². The molecule has 0 saturated heterocycles. The summed E-state index contributed by atoms with van der Waals surface area (Å²) in [6.07, 6.45) is 0. The summed E-state index contributed by atoms with van der Waals surface area (Å²) in [5.74, 6) is 0. The quantitative estimate of drug-likeness (QED) is 0.475. The highest BCUT2D eigenvalue weighted by Crippen LogP contribution is 2.25. The molecule has 0 heterocycles. The number of nitrogens with zero attached hydrogens (tertiary/aromatic N) is 1. The monoisotopic (exact) mass is 382 g/mol. The van der Waals surface area contributed by atoms with Gasteiger partial charge in [0.25, 0.3) is 5.69 Å². The Balaban J connectivity index is 2.15. The third-order valence-corrected chi connectivity index (χ3v) is 3.87. The summed E-state index contributed by atoms with van der Waals surface area (Å²) < 4.78 is 1.20. The third-order valence-electron chi connectivity index (χ3n) is 3.15. The number of nitro benzene ring substituents is 1. The molecule has 0 amide bonds. The fourth-order valence-electron chi connectivity index (χ4n) is 2.03. The van der Waals surface area contributed by atoms with Crippen molar-refractivity contribution in [3.63, 3.8) is 0 Å². The Hall–Kier alpha value is -1.63. The molecule has 0 aliphatic rings. The molecule has 104 valence electrons. The molecule has 0 spiro atoms. The van der Waals surface area contributed by atoms with Gasteiger partial charge in [-0.3, -0.25) is 10.1 Å². The van der Waals surface area contributed by atoms with Gasteiger partial charge in [0.05, 0.1) is 4.92 Å². The minimum Gasteiger partial charge on any atom is -0.379 e. The molecule has 0 fully saturated rings. The lowest BCUT2D eigenvalue weighted by Gasteiger charge is -2.16. The maximum absolute atomic E-state index is 10.8. The van der Waals surface area contributed by atoms with Crippen LogP contribution in [0.3, 0.4) is 0 Å². The number of hydrogen-bond acceptors (Lipinski definition) is 3. The van der Waals surface area contributed by atoms with E-state index < -0.39 is 0 Å². The van der Waals surface area contributed by atoms with Crippen LogP contribution in [-0.4, -0.2) is 4.92 Å². The van der Waals surface area contributed by atoms with Crippen molar-refractivity contribution >= 4 is 34.0 Å². The van der Waals surface area contributed by atoms with Gasteiger partial charge in [-0.1, -0.05) is 12.1 Å². The second kappa shape index (κ2) is 6.21. The summed E-state index contributed by atoms with van der Waals surface area (Å²) >= 11 is 2.27. The zero-order chi connectivity index (χ0) is 14.7. The number of hydrogen-bond donors (Lipinski definition) is 1. The zero-order valence-electron chi connectivity index (χ0n) is 11.3. The fourth-order valence-corrected chi connectivity index (χ4v) is 2.39. The van der Waals surface area contributed by atoms with Crippen LogP contribution in [0.4, 0.5) is 11.4 Å². The van der Waals surface area contributed by atoms with Gasteiger partial charge in [0, 0.05) is 26.9 Å². The number of halogens is 1. The van der Waals surface area contributed by atoms with Gasteiger partial charge in [0.2, 0.25) is 0 Å². The first-order valence-electron chi connectivity index (χ1n) is 6.24. The summed E-state index contributed by atoms with van der Waals surface area (Å²) in [5, 5.41) is 14.2. The standard InChI is InChI=1S/C15H15IN2O2/c1-10-9-14(7-8-15(10)18(19)20)17-11(2)12-3-5-13(16)6-4-12/h3-9,11,17H,1-2H3. The van der Waals surface area contributed by atoms with E-state index in [-0.39, 0.29) is 16.7 Å². The second-order valence-electron chi connectivity index (χ2n) is 4.68. The number of nitrogens with one attached hydrogen (secondary N) is 1. The predicted molar refractivity (Wildman–Crippen MR) is 89.0 cm³/mol. The van der Waals surface area contributed by atoms with E-state index in [2.05, 4.69) is 59.1 Å². The highest BCUT2D eigenvalue weighted by molar-refractivity contribution is 14.1. The molecular formula is C15H15IN2O2. The van der Waals surface area contributed by atoms with Crippen LogP contribution in [-0.2, 0) is 0 Å². The van der Waals surface area contributed by atoms with E-state index >= 15 is 0 Å².